The zero-order chi connectivity index (χ0) is 14.9. The zero-order valence-electron chi connectivity index (χ0n) is 10.5. The van der Waals surface area contributed by atoms with E-state index >= 15 is 0 Å². The number of hydrogen-bond donors (Lipinski definition) is 2. The maximum atomic E-state index is 13.9. The Bertz CT molecular complexity index is 666. The van der Waals surface area contributed by atoms with Gasteiger partial charge >= 0.3 is 0 Å². The Kier molecular flexibility index (Phi) is 4.35. The van der Waals surface area contributed by atoms with Crippen LogP contribution >= 0.6 is 28.1 Å². The first-order chi connectivity index (χ1) is 9.40. The van der Waals surface area contributed by atoms with Crippen molar-refractivity contribution in [1.82, 2.24) is 0 Å². The molecule has 0 aliphatic carbocycles. The fourth-order valence-electron chi connectivity index (χ4n) is 1.83. The molecule has 104 valence electrons. The van der Waals surface area contributed by atoms with Gasteiger partial charge in [0.1, 0.15) is 10.7 Å². The summed E-state index contributed by atoms with van der Waals surface area (Å²) in [5.41, 5.74) is 7.23. The number of nitrogens with two attached hydrogens (primary N) is 1. The summed E-state index contributed by atoms with van der Waals surface area (Å²) in [5.74, 6) is -1.40. The molecule has 6 heteroatoms. The monoisotopic (exact) mass is 356 g/mol. The molecule has 3 N–H and O–H groups in total. The molecule has 0 saturated carbocycles. The van der Waals surface area contributed by atoms with Crippen molar-refractivity contribution < 1.29 is 8.78 Å². The van der Waals surface area contributed by atoms with Gasteiger partial charge in [-0.3, -0.25) is 0 Å². The van der Waals surface area contributed by atoms with E-state index in [2.05, 4.69) is 21.2 Å². The normalized spacial score (nSPS) is 10.4. The molecule has 0 heterocycles. The van der Waals surface area contributed by atoms with Crippen molar-refractivity contribution in [3.8, 4) is 0 Å². The lowest BCUT2D eigenvalue weighted by Crippen LogP contribution is -2.13. The summed E-state index contributed by atoms with van der Waals surface area (Å²) in [7, 11) is 0. The van der Waals surface area contributed by atoms with Gasteiger partial charge in [0.2, 0.25) is 0 Å². The number of thiocarbonyl (C=S) groups is 1. The van der Waals surface area contributed by atoms with Gasteiger partial charge < -0.3 is 11.1 Å². The molecule has 20 heavy (non-hydrogen) atoms. The van der Waals surface area contributed by atoms with Crippen LogP contribution in [0.5, 0.6) is 0 Å². The van der Waals surface area contributed by atoms with Gasteiger partial charge in [0.15, 0.2) is 11.6 Å². The summed E-state index contributed by atoms with van der Waals surface area (Å²) in [6.07, 6.45) is 0. The largest absolute Gasteiger partial charge is 0.389 e. The minimum absolute atomic E-state index is 0.161. The van der Waals surface area contributed by atoms with Crippen LogP contribution in [0.2, 0.25) is 0 Å². The minimum atomic E-state index is -0.700. The van der Waals surface area contributed by atoms with Crippen molar-refractivity contribution in [3.63, 3.8) is 0 Å². The van der Waals surface area contributed by atoms with E-state index in [0.717, 1.165) is 5.56 Å². The van der Waals surface area contributed by atoms with Crippen LogP contribution in [0.3, 0.4) is 0 Å². The lowest BCUT2D eigenvalue weighted by atomic mass is 10.1. The molecule has 0 aliphatic heterocycles. The van der Waals surface area contributed by atoms with E-state index in [1.807, 2.05) is 0 Å². The van der Waals surface area contributed by atoms with Crippen molar-refractivity contribution in [2.75, 3.05) is 5.32 Å². The third kappa shape index (κ3) is 2.96. The Morgan fingerprint density at radius 3 is 2.35 bits per heavy atom. The molecule has 2 nitrogen and oxygen atoms in total. The van der Waals surface area contributed by atoms with Gasteiger partial charge in [-0.2, -0.15) is 0 Å². The Morgan fingerprint density at radius 1 is 1.20 bits per heavy atom. The van der Waals surface area contributed by atoms with Gasteiger partial charge in [0.25, 0.3) is 0 Å². The van der Waals surface area contributed by atoms with E-state index in [9.17, 15) is 8.78 Å². The fraction of sp³-hybridized carbons (Fsp3) is 0.0714. The summed E-state index contributed by atoms with van der Waals surface area (Å²) in [4.78, 5) is 0.161. The third-order valence-electron chi connectivity index (χ3n) is 2.80. The highest BCUT2D eigenvalue weighted by Crippen LogP contribution is 2.30. The number of anilines is 2. The highest BCUT2D eigenvalue weighted by atomic mass is 79.9. The molecule has 0 amide bonds. The predicted octanol–water partition coefficient (Wildman–Crippen LogP) is 4.41. The Hall–Kier alpha value is -1.53. The van der Waals surface area contributed by atoms with Crippen LogP contribution in [-0.2, 0) is 0 Å². The van der Waals surface area contributed by atoms with Gasteiger partial charge in [0, 0.05) is 10.0 Å². The Balaban J connectivity index is 2.53. The molecular weight excluding hydrogens is 346 g/mol. The van der Waals surface area contributed by atoms with Gasteiger partial charge in [-0.25, -0.2) is 8.78 Å². The molecule has 0 aromatic heterocycles. The summed E-state index contributed by atoms with van der Waals surface area (Å²) < 4.78 is 28.1. The number of halogens is 3. The minimum Gasteiger partial charge on any atom is -0.389 e. The molecule has 2 aromatic carbocycles. The number of rotatable bonds is 3. The average Bonchev–Trinajstić information content (AvgIpc) is 2.34. The van der Waals surface area contributed by atoms with Crippen molar-refractivity contribution in [2.45, 2.75) is 6.92 Å². The second-order valence-electron chi connectivity index (χ2n) is 4.23. The molecule has 0 spiro atoms. The fourth-order valence-corrected chi connectivity index (χ4v) is 2.40. The van der Waals surface area contributed by atoms with E-state index < -0.39 is 11.6 Å². The highest BCUT2D eigenvalue weighted by Gasteiger charge is 2.14. The molecule has 2 rings (SSSR count). The van der Waals surface area contributed by atoms with E-state index in [-0.39, 0.29) is 10.7 Å². The van der Waals surface area contributed by atoms with E-state index in [1.54, 1.807) is 25.1 Å². The summed E-state index contributed by atoms with van der Waals surface area (Å²) in [5, 5.41) is 2.75. The highest BCUT2D eigenvalue weighted by molar-refractivity contribution is 9.10. The third-order valence-corrected chi connectivity index (χ3v) is 3.47. The van der Waals surface area contributed by atoms with Crippen molar-refractivity contribution >= 4 is 44.5 Å². The van der Waals surface area contributed by atoms with Gasteiger partial charge in [0.05, 0.1) is 5.69 Å². The molecule has 0 radical (unpaired) electrons. The predicted molar refractivity (Wildman–Crippen MR) is 84.4 cm³/mol. The summed E-state index contributed by atoms with van der Waals surface area (Å²) in [6.45, 7) is 1.80. The van der Waals surface area contributed by atoms with Crippen LogP contribution in [0.15, 0.2) is 34.8 Å². The topological polar surface area (TPSA) is 38.0 Å². The Labute approximate surface area is 129 Å². The van der Waals surface area contributed by atoms with Crippen LogP contribution in [0, 0.1) is 18.6 Å². The van der Waals surface area contributed by atoms with E-state index in [4.69, 9.17) is 18.0 Å². The molecular formula is C14H11BrF2N2S. The maximum Gasteiger partial charge on any atom is 0.150 e. The molecule has 0 bridgehead atoms. The first kappa shape index (κ1) is 14.9. The zero-order valence-corrected chi connectivity index (χ0v) is 12.9. The SMILES string of the molecule is Cc1cccc(C(N)=S)c1Nc1c(F)cc(Br)cc1F. The molecule has 0 aliphatic rings. The van der Waals surface area contributed by atoms with Crippen LogP contribution in [0.25, 0.3) is 0 Å². The lowest BCUT2D eigenvalue weighted by Gasteiger charge is -2.15. The van der Waals surface area contributed by atoms with Crippen molar-refractivity contribution in [3.05, 3.63) is 57.6 Å². The van der Waals surface area contributed by atoms with E-state index in [1.165, 1.54) is 12.1 Å². The second kappa shape index (κ2) is 5.85. The van der Waals surface area contributed by atoms with Gasteiger partial charge in [-0.05, 0) is 30.7 Å². The van der Waals surface area contributed by atoms with Crippen molar-refractivity contribution in [1.29, 1.82) is 0 Å². The number of para-hydroxylation sites is 1. The molecule has 0 saturated heterocycles. The molecule has 0 fully saturated rings. The lowest BCUT2D eigenvalue weighted by molar-refractivity contribution is 0.589. The van der Waals surface area contributed by atoms with Gasteiger partial charge in [-0.1, -0.05) is 40.3 Å². The quantitative estimate of drug-likeness (QED) is 0.799. The van der Waals surface area contributed by atoms with Crippen molar-refractivity contribution in [2.24, 2.45) is 5.73 Å². The summed E-state index contributed by atoms with van der Waals surface area (Å²) in [6, 6.07) is 7.66. The Morgan fingerprint density at radius 2 is 1.80 bits per heavy atom. The standard InChI is InChI=1S/C14H11BrF2N2S/c1-7-3-2-4-9(14(18)20)12(7)19-13-10(16)5-8(15)6-11(13)17/h2-6,19H,1H3,(H2,18,20). The number of hydrogen-bond acceptors (Lipinski definition) is 2. The first-order valence-corrected chi connectivity index (χ1v) is 6.91. The number of benzene rings is 2. The van der Waals surface area contributed by atoms with E-state index in [0.29, 0.717) is 15.7 Å². The molecule has 0 unspecified atom stereocenters. The first-order valence-electron chi connectivity index (χ1n) is 5.71. The molecule has 0 atom stereocenters. The molecule has 2 aromatic rings. The maximum absolute atomic E-state index is 13.9. The van der Waals surface area contributed by atoms with Crippen LogP contribution in [0.1, 0.15) is 11.1 Å². The van der Waals surface area contributed by atoms with Crippen LogP contribution in [0.4, 0.5) is 20.2 Å². The van der Waals surface area contributed by atoms with Crippen LogP contribution in [-0.4, -0.2) is 4.99 Å². The van der Waals surface area contributed by atoms with Gasteiger partial charge in [-0.15, -0.1) is 0 Å². The second-order valence-corrected chi connectivity index (χ2v) is 5.59. The smallest absolute Gasteiger partial charge is 0.150 e. The number of aryl methyl sites for hydroxylation is 1. The average molecular weight is 357 g/mol. The summed E-state index contributed by atoms with van der Waals surface area (Å²) >= 11 is 7.99. The van der Waals surface area contributed by atoms with Crippen LogP contribution < -0.4 is 11.1 Å². The number of nitrogens with one attached hydrogen (secondary N) is 1.